The van der Waals surface area contributed by atoms with Crippen LogP contribution in [0.1, 0.15) is 18.4 Å². The minimum Gasteiger partial charge on any atom is -0.394 e. The Balaban J connectivity index is 1.69. The molecule has 1 aromatic rings. The zero-order valence-electron chi connectivity index (χ0n) is 16.1. The molecule has 148 valence electrons. The van der Waals surface area contributed by atoms with Crippen molar-refractivity contribution in [2.45, 2.75) is 24.9 Å². The van der Waals surface area contributed by atoms with Crippen molar-refractivity contribution in [2.24, 2.45) is 0 Å². The molecule has 7 nitrogen and oxygen atoms in total. The van der Waals surface area contributed by atoms with Gasteiger partial charge in [0.15, 0.2) is 0 Å². The average Bonchev–Trinajstić information content (AvgIpc) is 2.65. The van der Waals surface area contributed by atoms with Gasteiger partial charge in [-0.1, -0.05) is 30.3 Å². The van der Waals surface area contributed by atoms with Crippen molar-refractivity contribution in [3.63, 3.8) is 0 Å². The minimum absolute atomic E-state index is 0.0266. The van der Waals surface area contributed by atoms with Crippen LogP contribution in [0.2, 0.25) is 0 Å². The molecule has 1 N–H and O–H groups in total. The fraction of sp³-hybridized carbons (Fsp3) is 0.600. The summed E-state index contributed by atoms with van der Waals surface area (Å²) in [5.41, 5.74) is 1.09. The van der Waals surface area contributed by atoms with E-state index in [4.69, 9.17) is 4.74 Å². The smallest absolute Gasteiger partial charge is 0.236 e. The highest BCUT2D eigenvalue weighted by Gasteiger charge is 2.50. The highest BCUT2D eigenvalue weighted by molar-refractivity contribution is 5.79. The Morgan fingerprint density at radius 3 is 2.44 bits per heavy atom. The molecule has 0 bridgehead atoms. The molecule has 2 aliphatic heterocycles. The van der Waals surface area contributed by atoms with Gasteiger partial charge in [0.2, 0.25) is 11.8 Å². The molecule has 2 saturated heterocycles. The van der Waals surface area contributed by atoms with Crippen LogP contribution in [-0.2, 0) is 14.3 Å². The van der Waals surface area contributed by atoms with E-state index in [0.29, 0.717) is 26.3 Å². The van der Waals surface area contributed by atoms with Crippen LogP contribution in [0.4, 0.5) is 0 Å². The highest BCUT2D eigenvalue weighted by Crippen LogP contribution is 2.40. The monoisotopic (exact) mass is 375 g/mol. The molecule has 3 rings (SSSR count). The number of hydrogen-bond donors (Lipinski definition) is 1. The lowest BCUT2D eigenvalue weighted by Gasteiger charge is -2.55. The van der Waals surface area contributed by atoms with Crippen molar-refractivity contribution < 1.29 is 19.4 Å². The van der Waals surface area contributed by atoms with Crippen molar-refractivity contribution in [1.82, 2.24) is 14.7 Å². The fourth-order valence-electron chi connectivity index (χ4n) is 4.19. The van der Waals surface area contributed by atoms with Crippen LogP contribution in [0.3, 0.4) is 0 Å². The maximum absolute atomic E-state index is 12.6. The fourth-order valence-corrected chi connectivity index (χ4v) is 4.19. The molecule has 0 unspecified atom stereocenters. The van der Waals surface area contributed by atoms with Crippen LogP contribution in [0, 0.1) is 0 Å². The van der Waals surface area contributed by atoms with E-state index >= 15 is 0 Å². The number of amides is 2. The van der Waals surface area contributed by atoms with Gasteiger partial charge in [-0.25, -0.2) is 0 Å². The summed E-state index contributed by atoms with van der Waals surface area (Å²) in [7, 11) is 1.79. The Kier molecular flexibility index (Phi) is 6.46. The van der Waals surface area contributed by atoms with Crippen molar-refractivity contribution >= 4 is 11.8 Å². The van der Waals surface area contributed by atoms with E-state index in [-0.39, 0.29) is 36.4 Å². The van der Waals surface area contributed by atoms with Crippen LogP contribution >= 0.6 is 0 Å². The lowest BCUT2D eigenvalue weighted by Crippen LogP contribution is -2.68. The molecule has 0 saturated carbocycles. The summed E-state index contributed by atoms with van der Waals surface area (Å²) < 4.78 is 5.33. The molecule has 7 heteroatoms. The topological polar surface area (TPSA) is 73.3 Å². The van der Waals surface area contributed by atoms with E-state index in [1.165, 1.54) is 6.92 Å². The minimum atomic E-state index is -0.238. The number of hydrogen-bond acceptors (Lipinski definition) is 5. The van der Waals surface area contributed by atoms with Crippen LogP contribution in [-0.4, -0.2) is 96.8 Å². The number of nitrogens with zero attached hydrogens (tertiary/aromatic N) is 3. The van der Waals surface area contributed by atoms with E-state index in [0.717, 1.165) is 18.7 Å². The Hall–Kier alpha value is -1.96. The number of carbonyl (C=O) groups excluding carboxylic acids is 2. The molecule has 3 atom stereocenters. The summed E-state index contributed by atoms with van der Waals surface area (Å²) >= 11 is 0. The first-order chi connectivity index (χ1) is 13.0. The number of carbonyl (C=O) groups is 2. The third kappa shape index (κ3) is 4.31. The van der Waals surface area contributed by atoms with E-state index in [2.05, 4.69) is 4.90 Å². The number of likely N-dealkylation sites (N-methyl/N-ethyl adjacent to an activating group) is 1. The lowest BCUT2D eigenvalue weighted by molar-refractivity contribution is -0.152. The number of morpholine rings is 1. The van der Waals surface area contributed by atoms with E-state index in [1.807, 2.05) is 30.3 Å². The van der Waals surface area contributed by atoms with Crippen molar-refractivity contribution in [3.8, 4) is 0 Å². The van der Waals surface area contributed by atoms with Crippen molar-refractivity contribution in [2.75, 3.05) is 53.0 Å². The lowest BCUT2D eigenvalue weighted by atomic mass is 9.75. The summed E-state index contributed by atoms with van der Waals surface area (Å²) in [5.74, 6) is -0.00124. The number of aliphatic hydroxyl groups is 1. The van der Waals surface area contributed by atoms with Gasteiger partial charge in [0, 0.05) is 39.5 Å². The molecule has 2 aliphatic rings. The normalized spacial score (nSPS) is 25.7. The largest absolute Gasteiger partial charge is 0.394 e. The highest BCUT2D eigenvalue weighted by atomic mass is 16.5. The molecule has 0 aliphatic carbocycles. The summed E-state index contributed by atoms with van der Waals surface area (Å²) in [6.07, 6.45) is 0. The molecule has 0 spiro atoms. The quantitative estimate of drug-likeness (QED) is 0.766. The van der Waals surface area contributed by atoms with Gasteiger partial charge < -0.3 is 19.6 Å². The number of aliphatic hydroxyl groups excluding tert-OH is 1. The van der Waals surface area contributed by atoms with E-state index in [1.54, 1.807) is 16.8 Å². The second-order valence-electron chi connectivity index (χ2n) is 7.34. The third-order valence-electron chi connectivity index (χ3n) is 5.63. The molecule has 2 fully saturated rings. The molecule has 1 aromatic carbocycles. The number of benzene rings is 1. The number of ether oxygens (including phenoxy) is 1. The average molecular weight is 375 g/mol. The Morgan fingerprint density at radius 1 is 1.19 bits per heavy atom. The van der Waals surface area contributed by atoms with E-state index < -0.39 is 0 Å². The van der Waals surface area contributed by atoms with Gasteiger partial charge in [-0.05, 0) is 5.56 Å². The van der Waals surface area contributed by atoms with Crippen LogP contribution in [0.5, 0.6) is 0 Å². The molecule has 0 radical (unpaired) electrons. The van der Waals surface area contributed by atoms with Gasteiger partial charge in [0.05, 0.1) is 38.4 Å². The first kappa shape index (κ1) is 19.8. The van der Waals surface area contributed by atoms with Gasteiger partial charge in [0.1, 0.15) is 0 Å². The Labute approximate surface area is 160 Å². The van der Waals surface area contributed by atoms with Crippen LogP contribution < -0.4 is 0 Å². The van der Waals surface area contributed by atoms with Crippen molar-refractivity contribution in [3.05, 3.63) is 35.9 Å². The molecular weight excluding hydrogens is 346 g/mol. The second-order valence-corrected chi connectivity index (χ2v) is 7.34. The van der Waals surface area contributed by atoms with Gasteiger partial charge in [-0.2, -0.15) is 0 Å². The predicted molar refractivity (Wildman–Crippen MR) is 101 cm³/mol. The zero-order chi connectivity index (χ0) is 19.4. The molecule has 2 amide bonds. The molecular formula is C20H29N3O4. The van der Waals surface area contributed by atoms with Gasteiger partial charge in [-0.3, -0.25) is 14.5 Å². The first-order valence-corrected chi connectivity index (χ1v) is 9.51. The van der Waals surface area contributed by atoms with Gasteiger partial charge in [-0.15, -0.1) is 0 Å². The Bertz CT molecular complexity index is 648. The standard InChI is InChI=1S/C20H29N3O4/c1-15(25)23-17(20(18(23)14-24)16-6-4-3-5-7-16)12-21(2)19(26)13-22-8-10-27-11-9-22/h3-7,17-18,20,24H,8-14H2,1-2H3/t17-,18+,20-/m1/s1. The van der Waals surface area contributed by atoms with Crippen LogP contribution in [0.15, 0.2) is 30.3 Å². The van der Waals surface area contributed by atoms with E-state index in [9.17, 15) is 14.7 Å². The Morgan fingerprint density at radius 2 is 1.85 bits per heavy atom. The number of likely N-dealkylation sites (tertiary alicyclic amines) is 1. The SMILES string of the molecule is CC(=O)N1[C@H](CN(C)C(=O)CN2CCOCC2)[C@@H](c2ccccc2)[C@@H]1CO. The molecule has 2 heterocycles. The summed E-state index contributed by atoms with van der Waals surface area (Å²) in [4.78, 5) is 30.3. The van der Waals surface area contributed by atoms with Crippen molar-refractivity contribution in [1.29, 1.82) is 0 Å². The summed E-state index contributed by atoms with van der Waals surface area (Å²) in [6.45, 7) is 5.11. The number of rotatable bonds is 6. The summed E-state index contributed by atoms with van der Waals surface area (Å²) in [5, 5.41) is 9.82. The van der Waals surface area contributed by atoms with Gasteiger partial charge >= 0.3 is 0 Å². The second kappa shape index (κ2) is 8.82. The maximum atomic E-state index is 12.6. The first-order valence-electron chi connectivity index (χ1n) is 9.51. The van der Waals surface area contributed by atoms with Crippen LogP contribution in [0.25, 0.3) is 0 Å². The third-order valence-corrected chi connectivity index (χ3v) is 5.63. The molecule has 0 aromatic heterocycles. The van der Waals surface area contributed by atoms with Gasteiger partial charge in [0.25, 0.3) is 0 Å². The molecule has 27 heavy (non-hydrogen) atoms. The predicted octanol–water partition coefficient (Wildman–Crippen LogP) is 0.152. The zero-order valence-corrected chi connectivity index (χ0v) is 16.1. The summed E-state index contributed by atoms with van der Waals surface area (Å²) in [6, 6.07) is 9.56. The maximum Gasteiger partial charge on any atom is 0.236 e.